The third kappa shape index (κ3) is 3.46. The molecule has 0 atom stereocenters. The van der Waals surface area contributed by atoms with Gasteiger partial charge in [-0.05, 0) is 26.8 Å². The minimum absolute atomic E-state index is 0.252. The van der Waals surface area contributed by atoms with Gasteiger partial charge in [-0.25, -0.2) is 15.0 Å². The number of hydrogen-bond acceptors (Lipinski definition) is 6. The molecule has 0 aliphatic rings. The Kier molecular flexibility index (Phi) is 4.82. The van der Waals surface area contributed by atoms with E-state index < -0.39 is 4.92 Å². The molecule has 0 unspecified atom stereocenters. The first-order valence-electron chi connectivity index (χ1n) is 6.92. The topological polar surface area (TPSA) is 97.7 Å². The van der Waals surface area contributed by atoms with Gasteiger partial charge in [-0.3, -0.25) is 10.1 Å². The van der Waals surface area contributed by atoms with Crippen LogP contribution in [0.1, 0.15) is 20.8 Å². The summed E-state index contributed by atoms with van der Waals surface area (Å²) in [5, 5.41) is 10.6. The maximum atomic E-state index is 10.6. The normalized spacial score (nSPS) is 11.5. The zero-order chi connectivity index (χ0) is 16.1. The smallest absolute Gasteiger partial charge is 0.397 e. The van der Waals surface area contributed by atoms with Crippen LogP contribution < -0.4 is 0 Å². The van der Waals surface area contributed by atoms with Crippen molar-refractivity contribution in [1.29, 1.82) is 0 Å². The highest BCUT2D eigenvalue weighted by atomic mass is 16.6. The maximum Gasteiger partial charge on any atom is 0.433 e. The molecule has 0 aromatic carbocycles. The zero-order valence-electron chi connectivity index (χ0n) is 12.7. The van der Waals surface area contributed by atoms with Crippen molar-refractivity contribution in [2.45, 2.75) is 20.8 Å². The molecule has 0 N–H and O–H groups in total. The summed E-state index contributed by atoms with van der Waals surface area (Å²) in [7, 11) is 0. The molecule has 8 heteroatoms. The lowest BCUT2D eigenvalue weighted by Gasteiger charge is -2.19. The van der Waals surface area contributed by atoms with E-state index >= 15 is 0 Å². The summed E-state index contributed by atoms with van der Waals surface area (Å²) >= 11 is 0. The van der Waals surface area contributed by atoms with Gasteiger partial charge < -0.3 is 9.32 Å². The molecule has 0 aliphatic carbocycles. The van der Waals surface area contributed by atoms with Gasteiger partial charge in [0.25, 0.3) is 0 Å². The number of amidine groups is 1. The number of hydrogen-bond donors (Lipinski definition) is 0. The Morgan fingerprint density at radius 2 is 1.95 bits per heavy atom. The molecule has 0 aliphatic heterocycles. The predicted octanol–water partition coefficient (Wildman–Crippen LogP) is 3.04. The van der Waals surface area contributed by atoms with Crippen molar-refractivity contribution < 1.29 is 9.34 Å². The average molecular weight is 303 g/mol. The van der Waals surface area contributed by atoms with Crippen LogP contribution in [0.2, 0.25) is 0 Å². The van der Waals surface area contributed by atoms with Crippen LogP contribution in [0.25, 0.3) is 11.6 Å². The van der Waals surface area contributed by atoms with E-state index in [1.54, 1.807) is 12.4 Å². The Morgan fingerprint density at radius 1 is 1.32 bits per heavy atom. The molecule has 22 heavy (non-hydrogen) atoms. The van der Waals surface area contributed by atoms with E-state index in [2.05, 4.69) is 33.7 Å². The molecule has 0 fully saturated rings. The first kappa shape index (κ1) is 15.6. The number of nitro groups is 1. The first-order valence-corrected chi connectivity index (χ1v) is 6.92. The summed E-state index contributed by atoms with van der Waals surface area (Å²) in [6.45, 7) is 7.80. The van der Waals surface area contributed by atoms with E-state index in [-0.39, 0.29) is 17.5 Å². The van der Waals surface area contributed by atoms with Gasteiger partial charge in [-0.2, -0.15) is 0 Å². The summed E-state index contributed by atoms with van der Waals surface area (Å²) in [4.78, 5) is 24.8. The molecule has 2 rings (SSSR count). The fourth-order valence-electron chi connectivity index (χ4n) is 1.99. The number of rotatable bonds is 5. The standard InChI is InChI=1S/C14H17N5O3/c1-4-18(5-2)10(3)17-11-8-15-14(16-9-11)12-6-7-13(22-12)19(20)21/h6-9H,4-5H2,1-3H3. The Morgan fingerprint density at radius 3 is 2.45 bits per heavy atom. The number of furan rings is 1. The van der Waals surface area contributed by atoms with E-state index in [4.69, 9.17) is 4.42 Å². The average Bonchev–Trinajstić information content (AvgIpc) is 2.99. The molecule has 0 radical (unpaired) electrons. The van der Waals surface area contributed by atoms with Crippen molar-refractivity contribution in [3.63, 3.8) is 0 Å². The molecular weight excluding hydrogens is 286 g/mol. The van der Waals surface area contributed by atoms with Crippen molar-refractivity contribution in [3.05, 3.63) is 34.6 Å². The van der Waals surface area contributed by atoms with Crippen LogP contribution in [0.5, 0.6) is 0 Å². The van der Waals surface area contributed by atoms with Gasteiger partial charge in [-0.15, -0.1) is 0 Å². The third-order valence-corrected chi connectivity index (χ3v) is 3.14. The summed E-state index contributed by atoms with van der Waals surface area (Å²) < 4.78 is 5.06. The summed E-state index contributed by atoms with van der Waals surface area (Å²) in [6.07, 6.45) is 3.12. The van der Waals surface area contributed by atoms with E-state index in [9.17, 15) is 10.1 Å². The molecule has 0 bridgehead atoms. The highest BCUT2D eigenvalue weighted by Crippen LogP contribution is 2.23. The number of aliphatic imine (C=N–C) groups is 1. The lowest BCUT2D eigenvalue weighted by Crippen LogP contribution is -2.27. The van der Waals surface area contributed by atoms with Crippen LogP contribution in [0.3, 0.4) is 0 Å². The fourth-order valence-corrected chi connectivity index (χ4v) is 1.99. The Hall–Kier alpha value is -2.77. The van der Waals surface area contributed by atoms with Gasteiger partial charge in [0.1, 0.15) is 16.4 Å². The van der Waals surface area contributed by atoms with Crippen LogP contribution in [-0.4, -0.2) is 38.7 Å². The van der Waals surface area contributed by atoms with Gasteiger partial charge in [-0.1, -0.05) is 0 Å². The van der Waals surface area contributed by atoms with Crippen molar-refractivity contribution in [3.8, 4) is 11.6 Å². The van der Waals surface area contributed by atoms with Crippen LogP contribution in [0.15, 0.2) is 33.9 Å². The van der Waals surface area contributed by atoms with Crippen molar-refractivity contribution >= 4 is 17.4 Å². The first-order chi connectivity index (χ1) is 10.5. The SMILES string of the molecule is CCN(CC)C(C)=Nc1cnc(-c2ccc([N+](=O)[O-])o2)nc1. The van der Waals surface area contributed by atoms with Crippen molar-refractivity contribution in [1.82, 2.24) is 14.9 Å². The zero-order valence-corrected chi connectivity index (χ0v) is 12.7. The van der Waals surface area contributed by atoms with E-state index in [1.165, 1.54) is 12.1 Å². The minimum Gasteiger partial charge on any atom is -0.397 e. The van der Waals surface area contributed by atoms with Crippen LogP contribution >= 0.6 is 0 Å². The molecule has 116 valence electrons. The van der Waals surface area contributed by atoms with Gasteiger partial charge >= 0.3 is 5.88 Å². The molecule has 8 nitrogen and oxygen atoms in total. The summed E-state index contributed by atoms with van der Waals surface area (Å²) in [6, 6.07) is 2.74. The number of nitrogens with zero attached hydrogens (tertiary/aromatic N) is 5. The van der Waals surface area contributed by atoms with Crippen LogP contribution in [-0.2, 0) is 0 Å². The van der Waals surface area contributed by atoms with Crippen LogP contribution in [0, 0.1) is 10.1 Å². The van der Waals surface area contributed by atoms with Crippen molar-refractivity contribution in [2.75, 3.05) is 13.1 Å². The Bertz CT molecular complexity index is 674. The highest BCUT2D eigenvalue weighted by molar-refractivity contribution is 5.82. The lowest BCUT2D eigenvalue weighted by atomic mass is 10.4. The summed E-state index contributed by atoms with van der Waals surface area (Å²) in [5.41, 5.74) is 0.620. The third-order valence-electron chi connectivity index (χ3n) is 3.14. The largest absolute Gasteiger partial charge is 0.433 e. The van der Waals surface area contributed by atoms with Gasteiger partial charge in [0.15, 0.2) is 11.6 Å². The molecule has 0 amide bonds. The predicted molar refractivity (Wildman–Crippen MR) is 82.1 cm³/mol. The van der Waals surface area contributed by atoms with Gasteiger partial charge in [0, 0.05) is 13.1 Å². The summed E-state index contributed by atoms with van der Waals surface area (Å²) in [5.74, 6) is 1.09. The van der Waals surface area contributed by atoms with E-state index in [1.807, 2.05) is 6.92 Å². The van der Waals surface area contributed by atoms with Gasteiger partial charge in [0.05, 0.1) is 18.5 Å². The van der Waals surface area contributed by atoms with E-state index in [0.717, 1.165) is 18.9 Å². The minimum atomic E-state index is -0.602. The molecule has 2 heterocycles. The second kappa shape index (κ2) is 6.79. The highest BCUT2D eigenvalue weighted by Gasteiger charge is 2.14. The molecule has 0 saturated carbocycles. The number of aromatic nitrogens is 2. The molecule has 2 aromatic rings. The molecule has 0 spiro atoms. The fraction of sp³-hybridized carbons (Fsp3) is 0.357. The Labute approximate surface area is 127 Å². The quantitative estimate of drug-likeness (QED) is 0.364. The van der Waals surface area contributed by atoms with Crippen molar-refractivity contribution in [2.24, 2.45) is 4.99 Å². The second-order valence-electron chi connectivity index (χ2n) is 4.49. The Balaban J connectivity index is 2.19. The van der Waals surface area contributed by atoms with Gasteiger partial charge in [0.2, 0.25) is 0 Å². The molecular formula is C14H17N5O3. The second-order valence-corrected chi connectivity index (χ2v) is 4.49. The molecule has 2 aromatic heterocycles. The van der Waals surface area contributed by atoms with E-state index in [0.29, 0.717) is 5.69 Å². The maximum absolute atomic E-state index is 10.6. The van der Waals surface area contributed by atoms with Crippen LogP contribution in [0.4, 0.5) is 11.6 Å². The lowest BCUT2D eigenvalue weighted by molar-refractivity contribution is -0.401. The molecule has 0 saturated heterocycles. The monoisotopic (exact) mass is 303 g/mol.